The highest BCUT2D eigenvalue weighted by Gasteiger charge is 2.32. The molecule has 0 bridgehead atoms. The Kier molecular flexibility index (Phi) is 5.63. The zero-order valence-corrected chi connectivity index (χ0v) is 17.1. The first kappa shape index (κ1) is 19.8. The molecule has 7 heteroatoms. The molecule has 3 aromatic heterocycles. The fourth-order valence-electron chi connectivity index (χ4n) is 3.50. The van der Waals surface area contributed by atoms with Gasteiger partial charge in [-0.1, -0.05) is 6.08 Å². The van der Waals surface area contributed by atoms with E-state index in [0.717, 1.165) is 11.3 Å². The molecule has 1 unspecified atom stereocenters. The topological polar surface area (TPSA) is 80.2 Å². The van der Waals surface area contributed by atoms with Crippen LogP contribution in [0.2, 0.25) is 0 Å². The van der Waals surface area contributed by atoms with Gasteiger partial charge in [0.2, 0.25) is 0 Å². The van der Waals surface area contributed by atoms with E-state index < -0.39 is 0 Å². The Labute approximate surface area is 177 Å². The first-order valence-corrected chi connectivity index (χ1v) is 10.4. The molecule has 150 valence electrons. The lowest BCUT2D eigenvalue weighted by Crippen LogP contribution is -2.30. The molecule has 1 atom stereocenters. The summed E-state index contributed by atoms with van der Waals surface area (Å²) >= 11 is 1.16. The van der Waals surface area contributed by atoms with Gasteiger partial charge in [-0.05, 0) is 36.9 Å². The van der Waals surface area contributed by atoms with Crippen molar-refractivity contribution in [3.05, 3.63) is 93.8 Å². The minimum Gasteiger partial charge on any atom is -0.380 e. The Morgan fingerprint density at radius 3 is 2.53 bits per heavy atom. The van der Waals surface area contributed by atoms with E-state index in [4.69, 9.17) is 0 Å². The summed E-state index contributed by atoms with van der Waals surface area (Å²) in [6.07, 6.45) is 10.6. The molecule has 6 nitrogen and oxygen atoms in total. The number of hydrogen-bond donors (Lipinski definition) is 0. The zero-order chi connectivity index (χ0) is 21.1. The molecule has 1 aliphatic heterocycles. The van der Waals surface area contributed by atoms with E-state index in [1.54, 1.807) is 35.8 Å². The molecule has 0 spiro atoms. The number of ketones is 3. The number of pyridine rings is 2. The third kappa shape index (κ3) is 3.84. The summed E-state index contributed by atoms with van der Waals surface area (Å²) in [5.41, 5.74) is 1.16. The van der Waals surface area contributed by atoms with E-state index in [9.17, 15) is 14.4 Å². The summed E-state index contributed by atoms with van der Waals surface area (Å²) in [5.74, 6) is -1.05. The average molecular weight is 417 g/mol. The normalized spacial score (nSPS) is 15.8. The van der Waals surface area contributed by atoms with Crippen molar-refractivity contribution < 1.29 is 14.4 Å². The second kappa shape index (κ2) is 8.51. The number of carbonyl (C=O) groups is 3. The minimum atomic E-state index is -0.353. The van der Waals surface area contributed by atoms with Crippen molar-refractivity contribution >= 4 is 28.7 Å². The molecule has 30 heavy (non-hydrogen) atoms. The smallest absolute Gasteiger partial charge is 0.196 e. The van der Waals surface area contributed by atoms with Gasteiger partial charge in [0.15, 0.2) is 17.3 Å². The van der Waals surface area contributed by atoms with Gasteiger partial charge in [0.1, 0.15) is 0 Å². The van der Waals surface area contributed by atoms with Crippen LogP contribution in [-0.4, -0.2) is 45.8 Å². The van der Waals surface area contributed by atoms with Crippen LogP contribution < -0.4 is 0 Å². The molecule has 0 radical (unpaired) electrons. The second-order valence-corrected chi connectivity index (χ2v) is 7.99. The number of nitrogens with zero attached hydrogens (tertiary/aromatic N) is 3. The van der Waals surface area contributed by atoms with E-state index in [1.807, 2.05) is 24.2 Å². The van der Waals surface area contributed by atoms with Crippen LogP contribution in [0.5, 0.6) is 0 Å². The molecule has 0 saturated carbocycles. The fourth-order valence-corrected chi connectivity index (χ4v) is 4.56. The largest absolute Gasteiger partial charge is 0.380 e. The van der Waals surface area contributed by atoms with E-state index in [1.165, 1.54) is 18.6 Å². The van der Waals surface area contributed by atoms with Gasteiger partial charge in [-0.2, -0.15) is 0 Å². The fraction of sp³-hybridized carbons (Fsp3) is 0.174. The summed E-state index contributed by atoms with van der Waals surface area (Å²) in [5, 5.41) is 1.61. The highest BCUT2D eigenvalue weighted by Crippen LogP contribution is 2.31. The standard InChI is InChI=1S/C23H19N3O3S/c1-26-11-3-5-17(13-26)22(29)23-19(21(28)15-6-9-24-10-7-15)18(14-30-23)20(27)16-4-2-8-25-12-16/h2-4,6-12,14,17H,5,13H2,1H3. The average Bonchev–Trinajstić information content (AvgIpc) is 3.23. The molecule has 0 aromatic carbocycles. The Hall–Kier alpha value is -3.45. The summed E-state index contributed by atoms with van der Waals surface area (Å²) in [4.78, 5) is 50.1. The summed E-state index contributed by atoms with van der Waals surface area (Å²) in [6.45, 7) is 0.571. The first-order chi connectivity index (χ1) is 14.6. The number of thiophene rings is 1. The van der Waals surface area contributed by atoms with Crippen molar-refractivity contribution in [2.75, 3.05) is 13.6 Å². The summed E-state index contributed by atoms with van der Waals surface area (Å²) < 4.78 is 0. The molecular weight excluding hydrogens is 398 g/mol. The molecule has 0 aliphatic carbocycles. The molecule has 3 aromatic rings. The van der Waals surface area contributed by atoms with Crippen molar-refractivity contribution in [3.8, 4) is 0 Å². The van der Waals surface area contributed by atoms with Crippen molar-refractivity contribution in [1.29, 1.82) is 0 Å². The SMILES string of the molecule is CN1C=CCC(C(=O)c2scc(C(=O)c3cccnc3)c2C(=O)c2ccncc2)C1. The van der Waals surface area contributed by atoms with Gasteiger partial charge >= 0.3 is 0 Å². The molecule has 4 heterocycles. The number of allylic oxidation sites excluding steroid dienone is 1. The van der Waals surface area contributed by atoms with E-state index in [2.05, 4.69) is 9.97 Å². The van der Waals surface area contributed by atoms with Crippen molar-refractivity contribution in [2.45, 2.75) is 6.42 Å². The number of aromatic nitrogens is 2. The Balaban J connectivity index is 1.80. The number of rotatable bonds is 6. The van der Waals surface area contributed by atoms with Crippen LogP contribution in [-0.2, 0) is 0 Å². The molecule has 0 saturated heterocycles. The maximum atomic E-state index is 13.4. The van der Waals surface area contributed by atoms with Gasteiger partial charge in [-0.3, -0.25) is 24.4 Å². The Morgan fingerprint density at radius 2 is 1.83 bits per heavy atom. The van der Waals surface area contributed by atoms with E-state index in [0.29, 0.717) is 29.0 Å². The molecule has 1 aliphatic rings. The van der Waals surface area contributed by atoms with Crippen molar-refractivity contribution in [3.63, 3.8) is 0 Å². The molecule has 0 N–H and O–H groups in total. The summed E-state index contributed by atoms with van der Waals surface area (Å²) in [6, 6.07) is 6.49. The van der Waals surface area contributed by atoms with E-state index >= 15 is 0 Å². The highest BCUT2D eigenvalue weighted by atomic mass is 32.1. The molecular formula is C23H19N3O3S. The van der Waals surface area contributed by atoms with Gasteiger partial charge in [0.05, 0.1) is 10.4 Å². The van der Waals surface area contributed by atoms with Crippen LogP contribution in [0.1, 0.15) is 47.9 Å². The predicted molar refractivity (Wildman–Crippen MR) is 114 cm³/mol. The Bertz CT molecular complexity index is 1120. The zero-order valence-electron chi connectivity index (χ0n) is 16.3. The molecule has 0 fully saturated rings. The molecule has 0 amide bonds. The lowest BCUT2D eigenvalue weighted by molar-refractivity contribution is 0.0894. The van der Waals surface area contributed by atoms with Crippen LogP contribution in [0, 0.1) is 5.92 Å². The van der Waals surface area contributed by atoms with E-state index in [-0.39, 0.29) is 34.4 Å². The second-order valence-electron chi connectivity index (χ2n) is 7.11. The third-order valence-electron chi connectivity index (χ3n) is 5.01. The Morgan fingerprint density at radius 1 is 1.03 bits per heavy atom. The van der Waals surface area contributed by atoms with Crippen molar-refractivity contribution in [2.24, 2.45) is 5.92 Å². The van der Waals surface area contributed by atoms with Gasteiger partial charge in [-0.15, -0.1) is 11.3 Å². The minimum absolute atomic E-state index is 0.112. The molecule has 4 rings (SSSR count). The highest BCUT2D eigenvalue weighted by molar-refractivity contribution is 7.13. The van der Waals surface area contributed by atoms with Gasteiger partial charge < -0.3 is 4.90 Å². The monoisotopic (exact) mass is 417 g/mol. The number of hydrogen-bond acceptors (Lipinski definition) is 7. The lowest BCUT2D eigenvalue weighted by Gasteiger charge is -2.25. The first-order valence-electron chi connectivity index (χ1n) is 9.48. The van der Waals surface area contributed by atoms with Gasteiger partial charge in [0, 0.05) is 66.4 Å². The maximum absolute atomic E-state index is 13.4. The number of Topliss-reactive ketones (excluding diaryl/α,β-unsaturated/α-hetero) is 1. The van der Waals surface area contributed by atoms with Crippen LogP contribution in [0.15, 0.2) is 66.7 Å². The predicted octanol–water partition coefficient (Wildman–Crippen LogP) is 3.65. The third-order valence-corrected chi connectivity index (χ3v) is 6.01. The quantitative estimate of drug-likeness (QED) is 0.570. The van der Waals surface area contributed by atoms with Gasteiger partial charge in [0.25, 0.3) is 0 Å². The van der Waals surface area contributed by atoms with Crippen LogP contribution in [0.3, 0.4) is 0 Å². The van der Waals surface area contributed by atoms with Crippen LogP contribution in [0.4, 0.5) is 0 Å². The van der Waals surface area contributed by atoms with Crippen molar-refractivity contribution in [1.82, 2.24) is 14.9 Å². The van der Waals surface area contributed by atoms with Crippen LogP contribution >= 0.6 is 11.3 Å². The maximum Gasteiger partial charge on any atom is 0.196 e. The van der Waals surface area contributed by atoms with Gasteiger partial charge in [-0.25, -0.2) is 0 Å². The lowest BCUT2D eigenvalue weighted by atomic mass is 9.90. The van der Waals surface area contributed by atoms with Crippen LogP contribution in [0.25, 0.3) is 0 Å². The summed E-state index contributed by atoms with van der Waals surface area (Å²) in [7, 11) is 1.91. The number of carbonyl (C=O) groups excluding carboxylic acids is 3.